The molecule has 2 rings (SSSR count). The van der Waals surface area contributed by atoms with Gasteiger partial charge in [0.1, 0.15) is 6.10 Å². The van der Waals surface area contributed by atoms with E-state index in [9.17, 15) is 4.79 Å². The molecule has 1 aliphatic heterocycles. The van der Waals surface area contributed by atoms with Gasteiger partial charge in [-0.15, -0.1) is 0 Å². The zero-order valence-corrected chi connectivity index (χ0v) is 15.1. The third kappa shape index (κ3) is 5.49. The van der Waals surface area contributed by atoms with Crippen LogP contribution in [0, 0.1) is 17.3 Å². The van der Waals surface area contributed by atoms with Gasteiger partial charge in [-0.2, -0.15) is 0 Å². The molecular weight excluding hydrogens is 287 g/mol. The lowest BCUT2D eigenvalue weighted by molar-refractivity contribution is -0.134. The van der Waals surface area contributed by atoms with Crippen LogP contribution in [0.15, 0.2) is 0 Å². The maximum Gasteiger partial charge on any atom is 0.250 e. The molecule has 2 aliphatic rings. The number of ether oxygens (including phenoxy) is 1. The molecule has 1 saturated carbocycles. The molecule has 5 atom stereocenters. The zero-order valence-electron chi connectivity index (χ0n) is 15.1. The Morgan fingerprint density at radius 2 is 2.13 bits per heavy atom. The summed E-state index contributed by atoms with van der Waals surface area (Å²) in [6.45, 7) is 9.71. The average molecular weight is 320 g/mol. The Morgan fingerprint density at radius 3 is 2.83 bits per heavy atom. The van der Waals surface area contributed by atoms with Gasteiger partial charge in [-0.25, -0.2) is 0 Å². The van der Waals surface area contributed by atoms with E-state index in [2.05, 4.69) is 31.4 Å². The van der Waals surface area contributed by atoms with Crippen molar-refractivity contribution in [2.24, 2.45) is 17.3 Å². The Balaban J connectivity index is 1.87. The summed E-state index contributed by atoms with van der Waals surface area (Å²) in [6, 6.07) is 0. The summed E-state index contributed by atoms with van der Waals surface area (Å²) in [5.74, 6) is 1.55. The van der Waals surface area contributed by atoms with E-state index in [0.717, 1.165) is 38.8 Å². The summed E-state index contributed by atoms with van der Waals surface area (Å²) in [7, 11) is 6.32. The highest BCUT2D eigenvalue weighted by molar-refractivity contribution is 6.11. The first-order valence-corrected chi connectivity index (χ1v) is 9.27. The van der Waals surface area contributed by atoms with Gasteiger partial charge in [0, 0.05) is 19.6 Å². The minimum absolute atomic E-state index is 0.0245. The van der Waals surface area contributed by atoms with Crippen LogP contribution >= 0.6 is 0 Å². The molecule has 23 heavy (non-hydrogen) atoms. The van der Waals surface area contributed by atoms with E-state index in [0.29, 0.717) is 30.8 Å². The number of hydrogen-bond donors (Lipinski definition) is 2. The van der Waals surface area contributed by atoms with Crippen molar-refractivity contribution >= 4 is 13.8 Å². The molecule has 0 aromatic carbocycles. The van der Waals surface area contributed by atoms with Gasteiger partial charge in [-0.05, 0) is 36.5 Å². The fourth-order valence-corrected chi connectivity index (χ4v) is 3.74. The van der Waals surface area contributed by atoms with E-state index in [-0.39, 0.29) is 17.4 Å². The highest BCUT2D eigenvalue weighted by Crippen LogP contribution is 2.39. The van der Waals surface area contributed by atoms with Crippen molar-refractivity contribution in [1.29, 1.82) is 0 Å². The standard InChI is InChI=1S/C18H33BN2O2/c1-13-6-8-18(3,7-4-5-15(19)14(13)2)12-21-17(22)16-11-20-9-10-23-16/h13-16,20H,4-12H2,1-3H3,(H,21,22)/t13?,14?,15?,16-,18?/m1/s1. The van der Waals surface area contributed by atoms with E-state index >= 15 is 0 Å². The van der Waals surface area contributed by atoms with Crippen molar-refractivity contribution in [3.8, 4) is 0 Å². The number of morpholine rings is 1. The van der Waals surface area contributed by atoms with Crippen LogP contribution in [0.25, 0.3) is 0 Å². The first-order valence-electron chi connectivity index (χ1n) is 9.27. The molecule has 1 amide bonds. The Labute approximate surface area is 142 Å². The SMILES string of the molecule is [B]C1CCCC(C)(CNC(=O)[C@H]2CNCCO2)CCC(C)C1C. The van der Waals surface area contributed by atoms with Gasteiger partial charge in [-0.1, -0.05) is 39.4 Å². The van der Waals surface area contributed by atoms with Crippen LogP contribution in [0.4, 0.5) is 0 Å². The van der Waals surface area contributed by atoms with E-state index in [1.165, 1.54) is 6.42 Å². The van der Waals surface area contributed by atoms with Crippen LogP contribution in [0.3, 0.4) is 0 Å². The number of nitrogens with one attached hydrogen (secondary N) is 2. The van der Waals surface area contributed by atoms with E-state index in [4.69, 9.17) is 12.6 Å². The van der Waals surface area contributed by atoms with Crippen LogP contribution in [0.5, 0.6) is 0 Å². The molecule has 2 N–H and O–H groups in total. The molecular formula is C18H33BN2O2. The Bertz CT molecular complexity index is 387. The molecule has 1 aliphatic carbocycles. The van der Waals surface area contributed by atoms with E-state index in [1.54, 1.807) is 0 Å². The molecule has 0 aromatic rings. The van der Waals surface area contributed by atoms with Crippen LogP contribution in [0.2, 0.25) is 5.82 Å². The molecule has 4 nitrogen and oxygen atoms in total. The van der Waals surface area contributed by atoms with Crippen molar-refractivity contribution in [2.75, 3.05) is 26.2 Å². The van der Waals surface area contributed by atoms with Crippen LogP contribution in [-0.4, -0.2) is 46.1 Å². The molecule has 5 heteroatoms. The summed E-state index contributed by atoms with van der Waals surface area (Å²) < 4.78 is 5.53. The summed E-state index contributed by atoms with van der Waals surface area (Å²) in [6.07, 6.45) is 5.36. The minimum Gasteiger partial charge on any atom is -0.366 e. The topological polar surface area (TPSA) is 50.4 Å². The highest BCUT2D eigenvalue weighted by Gasteiger charge is 2.31. The fraction of sp³-hybridized carbons (Fsp3) is 0.944. The summed E-state index contributed by atoms with van der Waals surface area (Å²) in [5, 5.41) is 6.34. The number of hydrogen-bond acceptors (Lipinski definition) is 3. The van der Waals surface area contributed by atoms with Crippen molar-refractivity contribution < 1.29 is 9.53 Å². The van der Waals surface area contributed by atoms with Gasteiger partial charge in [-0.3, -0.25) is 4.79 Å². The fourth-order valence-electron chi connectivity index (χ4n) is 3.74. The van der Waals surface area contributed by atoms with Crippen LogP contribution in [0.1, 0.15) is 52.9 Å². The minimum atomic E-state index is -0.337. The molecule has 130 valence electrons. The van der Waals surface area contributed by atoms with Gasteiger partial charge < -0.3 is 15.4 Å². The second-order valence-electron chi connectivity index (χ2n) is 8.02. The summed E-state index contributed by atoms with van der Waals surface area (Å²) in [4.78, 5) is 12.3. The third-order valence-corrected chi connectivity index (χ3v) is 6.00. The predicted molar refractivity (Wildman–Crippen MR) is 94.6 cm³/mol. The normalized spacial score (nSPS) is 39.8. The summed E-state index contributed by atoms with van der Waals surface area (Å²) >= 11 is 0. The van der Waals surface area contributed by atoms with Crippen molar-refractivity contribution in [2.45, 2.75) is 64.8 Å². The summed E-state index contributed by atoms with van der Waals surface area (Å²) in [5.41, 5.74) is 0.162. The molecule has 1 saturated heterocycles. The number of carbonyl (C=O) groups excluding carboxylic acids is 1. The first kappa shape index (κ1) is 18.8. The molecule has 1 heterocycles. The molecule has 0 spiro atoms. The zero-order chi connectivity index (χ0) is 16.9. The van der Waals surface area contributed by atoms with Crippen LogP contribution in [-0.2, 0) is 9.53 Å². The maximum atomic E-state index is 12.3. The van der Waals surface area contributed by atoms with Crippen molar-refractivity contribution in [1.82, 2.24) is 10.6 Å². The van der Waals surface area contributed by atoms with Crippen molar-refractivity contribution in [3.63, 3.8) is 0 Å². The van der Waals surface area contributed by atoms with Gasteiger partial charge in [0.2, 0.25) is 5.91 Å². The van der Waals surface area contributed by atoms with Gasteiger partial charge in [0.15, 0.2) is 0 Å². The molecule has 2 radical (unpaired) electrons. The third-order valence-electron chi connectivity index (χ3n) is 6.00. The Morgan fingerprint density at radius 1 is 1.35 bits per heavy atom. The van der Waals surface area contributed by atoms with Gasteiger partial charge in [0.05, 0.1) is 14.5 Å². The second-order valence-corrected chi connectivity index (χ2v) is 8.02. The van der Waals surface area contributed by atoms with Crippen molar-refractivity contribution in [3.05, 3.63) is 0 Å². The second kappa shape index (κ2) is 8.52. The first-order chi connectivity index (χ1) is 10.9. The lowest BCUT2D eigenvalue weighted by Gasteiger charge is -2.32. The number of rotatable bonds is 3. The maximum absolute atomic E-state index is 12.3. The smallest absolute Gasteiger partial charge is 0.250 e. The Kier molecular flexibility index (Phi) is 6.96. The largest absolute Gasteiger partial charge is 0.366 e. The average Bonchev–Trinajstić information content (AvgIpc) is 2.61. The van der Waals surface area contributed by atoms with E-state index in [1.807, 2.05) is 0 Å². The van der Waals surface area contributed by atoms with E-state index < -0.39 is 0 Å². The number of amides is 1. The number of carbonyl (C=O) groups is 1. The molecule has 0 aromatic heterocycles. The lowest BCUT2D eigenvalue weighted by atomic mass is 9.69. The highest BCUT2D eigenvalue weighted by atomic mass is 16.5. The monoisotopic (exact) mass is 320 g/mol. The van der Waals surface area contributed by atoms with Gasteiger partial charge in [0.25, 0.3) is 0 Å². The lowest BCUT2D eigenvalue weighted by Crippen LogP contribution is -2.49. The molecule has 2 fully saturated rings. The van der Waals surface area contributed by atoms with Gasteiger partial charge >= 0.3 is 0 Å². The predicted octanol–water partition coefficient (Wildman–Crippen LogP) is 2.29. The quantitative estimate of drug-likeness (QED) is 0.785. The van der Waals surface area contributed by atoms with Crippen LogP contribution < -0.4 is 10.6 Å². The molecule has 4 unspecified atom stereocenters. The molecule has 0 bridgehead atoms. The Hall–Kier alpha value is -0.545.